The van der Waals surface area contributed by atoms with E-state index in [4.69, 9.17) is 18.9 Å². The molecule has 49 heavy (non-hydrogen) atoms. The highest BCUT2D eigenvalue weighted by Crippen LogP contribution is 2.41. The van der Waals surface area contributed by atoms with E-state index in [9.17, 15) is 31.8 Å². The normalized spacial score (nSPS) is 21.9. The van der Waals surface area contributed by atoms with Crippen molar-refractivity contribution in [3.63, 3.8) is 0 Å². The second-order valence-corrected chi connectivity index (χ2v) is 17.4. The molecule has 5 atom stereocenters. The van der Waals surface area contributed by atoms with Crippen LogP contribution in [0, 0.1) is 11.3 Å². The number of ether oxygens (including phenoxy) is 4. The van der Waals surface area contributed by atoms with Gasteiger partial charge in [0.15, 0.2) is 17.8 Å². The van der Waals surface area contributed by atoms with Crippen molar-refractivity contribution in [2.24, 2.45) is 11.3 Å². The van der Waals surface area contributed by atoms with E-state index in [1.54, 1.807) is 12.1 Å². The molecule has 3 aliphatic heterocycles. The zero-order chi connectivity index (χ0) is 35.4. The predicted octanol–water partition coefficient (Wildman–Crippen LogP) is 2.87. The standard InChI is InChI=1S/C33H47N3O11S2/c1-33(2,15-7-8-16-34-48(3,40)41)21-35(49(42,43)29-13-9-12-28-30(29)47-22-46-28)19-27(37)25(18-23-10-5-4-6-11-23)36(32(38)39)26-20-45-31-24(26)14-17-44-31/h4-6,9-13,24-27,31,34,37H,7-8,14-22H2,1-3H3,(H,38,39)/t24-,25-,26-,27+,31+/m0/s1. The van der Waals surface area contributed by atoms with Crippen LogP contribution in [0.2, 0.25) is 0 Å². The third-order valence-corrected chi connectivity index (χ3v) is 11.9. The Morgan fingerprint density at radius 1 is 1.04 bits per heavy atom. The molecule has 0 spiro atoms. The van der Waals surface area contributed by atoms with Crippen molar-refractivity contribution in [2.45, 2.75) is 75.3 Å². The van der Waals surface area contributed by atoms with Gasteiger partial charge in [-0.25, -0.2) is 26.4 Å². The van der Waals surface area contributed by atoms with Gasteiger partial charge in [0.2, 0.25) is 26.8 Å². The Hall–Kier alpha value is -2.99. The first kappa shape index (κ1) is 37.3. The van der Waals surface area contributed by atoms with E-state index in [1.165, 1.54) is 15.3 Å². The molecule has 0 unspecified atom stereocenters. The van der Waals surface area contributed by atoms with E-state index < -0.39 is 62.6 Å². The Kier molecular flexibility index (Phi) is 11.8. The second-order valence-electron chi connectivity index (χ2n) is 13.7. The highest BCUT2D eigenvalue weighted by Gasteiger charge is 2.49. The molecular formula is C33H47N3O11S2. The van der Waals surface area contributed by atoms with Gasteiger partial charge in [0.1, 0.15) is 4.90 Å². The fraction of sp³-hybridized carbons (Fsp3) is 0.606. The number of carboxylic acid groups (broad SMARTS) is 1. The number of nitrogens with one attached hydrogen (secondary N) is 1. The number of para-hydroxylation sites is 1. The van der Waals surface area contributed by atoms with Gasteiger partial charge in [-0.2, -0.15) is 4.31 Å². The van der Waals surface area contributed by atoms with Crippen LogP contribution in [0.3, 0.4) is 0 Å². The first-order valence-corrected chi connectivity index (χ1v) is 19.8. The largest absolute Gasteiger partial charge is 0.465 e. The third-order valence-electron chi connectivity index (χ3n) is 9.29. The molecule has 0 aliphatic carbocycles. The van der Waals surface area contributed by atoms with Crippen LogP contribution in [-0.4, -0.2) is 113 Å². The lowest BCUT2D eigenvalue weighted by Crippen LogP contribution is -2.58. The summed E-state index contributed by atoms with van der Waals surface area (Å²) in [5, 5.41) is 22.7. The molecule has 3 heterocycles. The number of aliphatic hydroxyl groups is 1. The summed E-state index contributed by atoms with van der Waals surface area (Å²) in [6.07, 6.45) is 0.300. The van der Waals surface area contributed by atoms with E-state index >= 15 is 0 Å². The zero-order valence-corrected chi connectivity index (χ0v) is 29.7. The number of nitrogens with zero attached hydrogens (tertiary/aromatic N) is 2. The SMILES string of the molecule is CC(C)(CCCCNS(C)(=O)=O)CN(C[C@@H](O)[C@H](Cc1ccccc1)N(C(=O)O)[C@H]1CO[C@H]2OCC[C@H]21)S(=O)(=O)c1cccc2c1OCO2. The third kappa shape index (κ3) is 9.22. The van der Waals surface area contributed by atoms with Crippen molar-refractivity contribution in [1.82, 2.24) is 13.9 Å². The van der Waals surface area contributed by atoms with Crippen molar-refractivity contribution in [3.8, 4) is 11.5 Å². The van der Waals surface area contributed by atoms with Crippen LogP contribution in [0.15, 0.2) is 53.4 Å². The molecule has 3 aliphatic rings. The molecule has 0 bridgehead atoms. The molecule has 0 aromatic heterocycles. The van der Waals surface area contributed by atoms with Gasteiger partial charge in [0, 0.05) is 25.6 Å². The molecule has 272 valence electrons. The van der Waals surface area contributed by atoms with Crippen molar-refractivity contribution in [2.75, 3.05) is 45.9 Å². The van der Waals surface area contributed by atoms with Crippen LogP contribution in [0.1, 0.15) is 45.1 Å². The van der Waals surface area contributed by atoms with E-state index in [1.807, 2.05) is 44.2 Å². The Morgan fingerprint density at radius 2 is 1.80 bits per heavy atom. The number of unbranched alkanes of at least 4 members (excludes halogenated alkanes) is 1. The van der Waals surface area contributed by atoms with E-state index in [0.717, 1.165) is 11.8 Å². The van der Waals surface area contributed by atoms with E-state index in [-0.39, 0.29) is 55.2 Å². The Labute approximate surface area is 288 Å². The maximum absolute atomic E-state index is 14.5. The van der Waals surface area contributed by atoms with Gasteiger partial charge in [-0.3, -0.25) is 4.90 Å². The highest BCUT2D eigenvalue weighted by molar-refractivity contribution is 7.89. The molecular weight excluding hydrogens is 679 g/mol. The number of hydrogen-bond acceptors (Lipinski definition) is 10. The maximum atomic E-state index is 14.5. The average molecular weight is 726 g/mol. The van der Waals surface area contributed by atoms with Crippen molar-refractivity contribution in [3.05, 3.63) is 54.1 Å². The summed E-state index contributed by atoms with van der Waals surface area (Å²) in [7, 11) is -7.66. The summed E-state index contributed by atoms with van der Waals surface area (Å²) in [6, 6.07) is 12.1. The minimum Gasteiger partial charge on any atom is -0.465 e. The molecule has 1 amide bonds. The number of aliphatic hydroxyl groups excluding tert-OH is 1. The highest BCUT2D eigenvalue weighted by atomic mass is 32.2. The topological polar surface area (TPSA) is 181 Å². The Bertz CT molecular complexity index is 1660. The monoisotopic (exact) mass is 725 g/mol. The van der Waals surface area contributed by atoms with Gasteiger partial charge in [0.05, 0.1) is 37.7 Å². The van der Waals surface area contributed by atoms with E-state index in [2.05, 4.69) is 4.72 Å². The van der Waals surface area contributed by atoms with Gasteiger partial charge < -0.3 is 29.2 Å². The van der Waals surface area contributed by atoms with Crippen LogP contribution in [0.5, 0.6) is 11.5 Å². The number of rotatable bonds is 17. The van der Waals surface area contributed by atoms with Crippen LogP contribution in [0.25, 0.3) is 0 Å². The zero-order valence-electron chi connectivity index (χ0n) is 28.1. The molecule has 0 saturated carbocycles. The number of sulfonamides is 2. The first-order chi connectivity index (χ1) is 23.2. The summed E-state index contributed by atoms with van der Waals surface area (Å²) in [4.78, 5) is 14.1. The van der Waals surface area contributed by atoms with Gasteiger partial charge >= 0.3 is 6.09 Å². The molecule has 14 nitrogen and oxygen atoms in total. The number of benzene rings is 2. The van der Waals surface area contributed by atoms with Crippen molar-refractivity contribution >= 4 is 26.1 Å². The second kappa shape index (κ2) is 15.5. The fourth-order valence-corrected chi connectivity index (χ4v) is 9.21. The van der Waals surface area contributed by atoms with Gasteiger partial charge in [0.25, 0.3) is 0 Å². The maximum Gasteiger partial charge on any atom is 0.407 e. The smallest absolute Gasteiger partial charge is 0.407 e. The minimum absolute atomic E-state index is 0.0212. The molecule has 2 aromatic rings. The summed E-state index contributed by atoms with van der Waals surface area (Å²) < 4.78 is 78.2. The molecule has 3 N–H and O–H groups in total. The summed E-state index contributed by atoms with van der Waals surface area (Å²) in [5.74, 6) is 0.143. The molecule has 5 rings (SSSR count). The molecule has 0 radical (unpaired) electrons. The van der Waals surface area contributed by atoms with Crippen LogP contribution >= 0.6 is 0 Å². The Morgan fingerprint density at radius 3 is 2.51 bits per heavy atom. The molecule has 2 aromatic carbocycles. The first-order valence-electron chi connectivity index (χ1n) is 16.5. The van der Waals surface area contributed by atoms with Gasteiger partial charge in [-0.15, -0.1) is 0 Å². The van der Waals surface area contributed by atoms with Crippen molar-refractivity contribution < 1.29 is 50.8 Å². The lowest BCUT2D eigenvalue weighted by Gasteiger charge is -2.40. The number of hydrogen-bond donors (Lipinski definition) is 3. The lowest BCUT2D eigenvalue weighted by molar-refractivity contribution is -0.0906. The van der Waals surface area contributed by atoms with Crippen LogP contribution in [0.4, 0.5) is 4.79 Å². The van der Waals surface area contributed by atoms with Gasteiger partial charge in [-0.05, 0) is 48.8 Å². The summed E-state index contributed by atoms with van der Waals surface area (Å²) in [6.45, 7) is 4.02. The van der Waals surface area contributed by atoms with Crippen LogP contribution < -0.4 is 14.2 Å². The lowest BCUT2D eigenvalue weighted by atomic mass is 9.87. The number of carbonyl (C=O) groups is 1. The number of amides is 1. The predicted molar refractivity (Wildman–Crippen MR) is 179 cm³/mol. The van der Waals surface area contributed by atoms with E-state index in [0.29, 0.717) is 32.3 Å². The minimum atomic E-state index is -4.33. The molecule has 16 heteroatoms. The molecule has 2 saturated heterocycles. The van der Waals surface area contributed by atoms with Gasteiger partial charge in [-0.1, -0.05) is 56.7 Å². The number of fused-ring (bicyclic) bond motifs is 2. The molecule has 2 fully saturated rings. The summed E-state index contributed by atoms with van der Waals surface area (Å²) >= 11 is 0. The van der Waals surface area contributed by atoms with Crippen LogP contribution in [-0.2, 0) is 35.9 Å². The quantitative estimate of drug-likeness (QED) is 0.204. The summed E-state index contributed by atoms with van der Waals surface area (Å²) in [5.41, 5.74) is 0.155. The average Bonchev–Trinajstić information content (AvgIpc) is 3.78. The van der Waals surface area contributed by atoms with Crippen molar-refractivity contribution in [1.29, 1.82) is 0 Å². The fourth-order valence-electron chi connectivity index (χ4n) is 6.90. The Balaban J connectivity index is 1.46.